The molecule has 1 amide bonds. The highest BCUT2D eigenvalue weighted by molar-refractivity contribution is 8.01. The summed E-state index contributed by atoms with van der Waals surface area (Å²) in [6, 6.07) is 11.2. The van der Waals surface area contributed by atoms with E-state index in [0.29, 0.717) is 16.9 Å². The third-order valence-electron chi connectivity index (χ3n) is 4.15. The zero-order chi connectivity index (χ0) is 19.3. The lowest BCUT2D eigenvalue weighted by atomic mass is 10.1. The van der Waals surface area contributed by atoms with Gasteiger partial charge in [-0.1, -0.05) is 18.2 Å². The summed E-state index contributed by atoms with van der Waals surface area (Å²) in [6.07, 6.45) is 6.74. The minimum atomic E-state index is -0.593. The van der Waals surface area contributed by atoms with Gasteiger partial charge in [0.15, 0.2) is 5.82 Å². The topological polar surface area (TPSA) is 79.8 Å². The molecular formula is C20H18FN5OS. The van der Waals surface area contributed by atoms with Crippen LogP contribution in [0.15, 0.2) is 55.0 Å². The van der Waals surface area contributed by atoms with Crippen molar-refractivity contribution >= 4 is 29.5 Å². The minimum absolute atomic E-state index is 0.0679. The number of nitrogens with one attached hydrogen (secondary N) is 2. The lowest BCUT2D eigenvalue weighted by Crippen LogP contribution is -2.16. The Bertz CT molecular complexity index is 964. The molecule has 6 nitrogen and oxygen atoms in total. The van der Waals surface area contributed by atoms with Gasteiger partial charge >= 0.3 is 0 Å². The monoisotopic (exact) mass is 395 g/mol. The summed E-state index contributed by atoms with van der Waals surface area (Å²) in [7, 11) is 0. The molecule has 1 aromatic carbocycles. The zero-order valence-electron chi connectivity index (χ0n) is 14.9. The Labute approximate surface area is 166 Å². The third-order valence-corrected chi connectivity index (χ3v) is 5.25. The Hall–Kier alpha value is -3.00. The molecule has 8 heteroatoms. The molecule has 0 radical (unpaired) electrons. The fourth-order valence-electron chi connectivity index (χ4n) is 2.53. The van der Waals surface area contributed by atoms with Crippen LogP contribution in [-0.2, 0) is 11.2 Å². The maximum Gasteiger partial charge on any atom is 0.233 e. The highest BCUT2D eigenvalue weighted by Gasteiger charge is 2.22. The number of amides is 1. The molecule has 0 aliphatic heterocycles. The van der Waals surface area contributed by atoms with Crippen LogP contribution in [0.25, 0.3) is 11.1 Å². The number of nitrogens with zero attached hydrogens (tertiary/aromatic N) is 3. The summed E-state index contributed by atoms with van der Waals surface area (Å²) in [6.45, 7) is 0. The van der Waals surface area contributed by atoms with Crippen molar-refractivity contribution in [1.82, 2.24) is 15.0 Å². The van der Waals surface area contributed by atoms with Gasteiger partial charge in [0.2, 0.25) is 11.9 Å². The molecule has 4 rings (SSSR count). The van der Waals surface area contributed by atoms with E-state index in [0.717, 1.165) is 30.2 Å². The van der Waals surface area contributed by atoms with Gasteiger partial charge in [-0.25, -0.2) is 14.4 Å². The van der Waals surface area contributed by atoms with Gasteiger partial charge in [-0.3, -0.25) is 14.5 Å². The van der Waals surface area contributed by atoms with E-state index in [1.165, 1.54) is 11.9 Å². The fraction of sp³-hybridized carbons (Fsp3) is 0.200. The number of carbonyl (C=O) groups excluding carboxylic acids is 1. The third kappa shape index (κ3) is 4.83. The second kappa shape index (κ2) is 8.35. The van der Waals surface area contributed by atoms with Gasteiger partial charge in [-0.15, -0.1) is 0 Å². The summed E-state index contributed by atoms with van der Waals surface area (Å²) in [5, 5.41) is 3.33. The number of pyridine rings is 1. The number of hydrogen-bond acceptors (Lipinski definition) is 6. The van der Waals surface area contributed by atoms with E-state index < -0.39 is 5.82 Å². The molecule has 0 bridgehead atoms. The fourth-order valence-corrected chi connectivity index (χ4v) is 3.28. The lowest BCUT2D eigenvalue weighted by molar-refractivity contribution is -0.115. The highest BCUT2D eigenvalue weighted by Crippen LogP contribution is 2.33. The number of halogens is 1. The van der Waals surface area contributed by atoms with E-state index in [-0.39, 0.29) is 18.0 Å². The quantitative estimate of drug-likeness (QED) is 0.587. The van der Waals surface area contributed by atoms with Gasteiger partial charge in [0.05, 0.1) is 18.3 Å². The van der Waals surface area contributed by atoms with Gasteiger partial charge < -0.3 is 5.32 Å². The molecule has 2 heterocycles. The van der Waals surface area contributed by atoms with Crippen molar-refractivity contribution in [2.24, 2.45) is 0 Å². The van der Waals surface area contributed by atoms with E-state index >= 15 is 0 Å². The molecule has 0 atom stereocenters. The van der Waals surface area contributed by atoms with Crippen LogP contribution in [0.5, 0.6) is 0 Å². The number of rotatable bonds is 7. The second-order valence-electron chi connectivity index (χ2n) is 6.45. The molecule has 142 valence electrons. The lowest BCUT2D eigenvalue weighted by Gasteiger charge is -2.08. The molecule has 1 saturated carbocycles. The van der Waals surface area contributed by atoms with Crippen molar-refractivity contribution in [2.45, 2.75) is 24.5 Å². The molecule has 1 aliphatic rings. The van der Waals surface area contributed by atoms with Gasteiger partial charge in [-0.05, 0) is 54.1 Å². The molecule has 3 aromatic rings. The van der Waals surface area contributed by atoms with Crippen LogP contribution in [0, 0.1) is 5.82 Å². The predicted molar refractivity (Wildman–Crippen MR) is 108 cm³/mol. The normalized spacial score (nSPS) is 13.2. The van der Waals surface area contributed by atoms with Crippen molar-refractivity contribution in [3.63, 3.8) is 0 Å². The first-order chi connectivity index (χ1) is 13.7. The smallest absolute Gasteiger partial charge is 0.233 e. The Morgan fingerprint density at radius 1 is 1.14 bits per heavy atom. The summed E-state index contributed by atoms with van der Waals surface area (Å²) < 4.78 is 17.0. The van der Waals surface area contributed by atoms with Crippen LogP contribution < -0.4 is 10.0 Å². The Morgan fingerprint density at radius 3 is 2.68 bits per heavy atom. The van der Waals surface area contributed by atoms with Crippen LogP contribution in [0.1, 0.15) is 18.5 Å². The minimum Gasteiger partial charge on any atom is -0.326 e. The Morgan fingerprint density at radius 2 is 1.96 bits per heavy atom. The van der Waals surface area contributed by atoms with Crippen LogP contribution in [0.3, 0.4) is 0 Å². The number of benzene rings is 1. The number of hydrogen-bond donors (Lipinski definition) is 2. The van der Waals surface area contributed by atoms with Gasteiger partial charge in [0, 0.05) is 23.3 Å². The SMILES string of the molecule is O=C(Cc1nc(NSC2CC2)ncc1F)Nc1ccc(-c2cccnc2)cc1. The first-order valence-corrected chi connectivity index (χ1v) is 9.79. The largest absolute Gasteiger partial charge is 0.326 e. The van der Waals surface area contributed by atoms with E-state index in [1.54, 1.807) is 24.5 Å². The molecule has 0 spiro atoms. The molecule has 1 fully saturated rings. The first-order valence-electron chi connectivity index (χ1n) is 8.91. The van der Waals surface area contributed by atoms with Crippen molar-refractivity contribution in [2.75, 3.05) is 10.0 Å². The van der Waals surface area contributed by atoms with Gasteiger partial charge in [-0.2, -0.15) is 0 Å². The number of aromatic nitrogens is 3. The van der Waals surface area contributed by atoms with Crippen LogP contribution >= 0.6 is 11.9 Å². The molecule has 0 saturated heterocycles. The molecule has 2 aromatic heterocycles. The zero-order valence-corrected chi connectivity index (χ0v) is 15.7. The molecule has 2 N–H and O–H groups in total. The predicted octanol–water partition coefficient (Wildman–Crippen LogP) is 4.08. The first kappa shape index (κ1) is 18.4. The van der Waals surface area contributed by atoms with E-state index in [4.69, 9.17) is 0 Å². The average molecular weight is 395 g/mol. The summed E-state index contributed by atoms with van der Waals surface area (Å²) >= 11 is 1.53. The van der Waals surface area contributed by atoms with Gasteiger partial charge in [0.25, 0.3) is 0 Å². The summed E-state index contributed by atoms with van der Waals surface area (Å²) in [5.74, 6) is -0.613. The highest BCUT2D eigenvalue weighted by atomic mass is 32.2. The van der Waals surface area contributed by atoms with E-state index in [1.807, 2.05) is 24.3 Å². The van der Waals surface area contributed by atoms with Crippen molar-refractivity contribution in [3.05, 3.63) is 66.5 Å². The van der Waals surface area contributed by atoms with E-state index in [2.05, 4.69) is 25.0 Å². The summed E-state index contributed by atoms with van der Waals surface area (Å²) in [5.41, 5.74) is 2.69. The Balaban J connectivity index is 1.38. The van der Waals surface area contributed by atoms with Crippen molar-refractivity contribution in [1.29, 1.82) is 0 Å². The standard InChI is InChI=1S/C20H18FN5OS/c21-17-12-23-20(26-28-16-7-8-16)25-18(17)10-19(27)24-15-5-3-13(4-6-15)14-2-1-9-22-11-14/h1-6,9,11-12,16H,7-8,10H2,(H,24,27)(H,23,25,26). The van der Waals surface area contributed by atoms with Crippen molar-refractivity contribution in [3.8, 4) is 11.1 Å². The molecule has 28 heavy (non-hydrogen) atoms. The van der Waals surface area contributed by atoms with Crippen LogP contribution in [-0.4, -0.2) is 26.1 Å². The van der Waals surface area contributed by atoms with E-state index in [9.17, 15) is 9.18 Å². The molecule has 1 aliphatic carbocycles. The Kier molecular flexibility index (Phi) is 5.48. The van der Waals surface area contributed by atoms with Crippen molar-refractivity contribution < 1.29 is 9.18 Å². The molecular weight excluding hydrogens is 377 g/mol. The second-order valence-corrected chi connectivity index (χ2v) is 7.56. The summed E-state index contributed by atoms with van der Waals surface area (Å²) in [4.78, 5) is 24.4. The average Bonchev–Trinajstić information content (AvgIpc) is 3.54. The van der Waals surface area contributed by atoms with Crippen LogP contribution in [0.2, 0.25) is 0 Å². The maximum atomic E-state index is 14.0. The molecule has 0 unspecified atom stereocenters. The van der Waals surface area contributed by atoms with Crippen LogP contribution in [0.4, 0.5) is 16.0 Å². The number of carbonyl (C=O) groups is 1. The van der Waals surface area contributed by atoms with Gasteiger partial charge in [0.1, 0.15) is 0 Å². The number of anilines is 2. The maximum absolute atomic E-state index is 14.0.